The SMILES string of the molecule is O=C(CCn1ccc2ccccc21)N1CCN(C(=O)COc2ccc(Cl)cc2)CC1. The van der Waals surface area contributed by atoms with E-state index in [0.29, 0.717) is 49.9 Å². The number of aryl methyl sites for hydroxylation is 1. The van der Waals surface area contributed by atoms with Crippen LogP contribution >= 0.6 is 11.6 Å². The summed E-state index contributed by atoms with van der Waals surface area (Å²) in [5.74, 6) is 0.659. The van der Waals surface area contributed by atoms with Crippen molar-refractivity contribution in [2.24, 2.45) is 0 Å². The van der Waals surface area contributed by atoms with Crippen LogP contribution in [0.5, 0.6) is 5.75 Å². The van der Waals surface area contributed by atoms with Crippen LogP contribution in [0, 0.1) is 0 Å². The van der Waals surface area contributed by atoms with E-state index < -0.39 is 0 Å². The van der Waals surface area contributed by atoms with Crippen LogP contribution in [0.2, 0.25) is 5.02 Å². The Hall–Kier alpha value is -2.99. The zero-order chi connectivity index (χ0) is 20.9. The lowest BCUT2D eigenvalue weighted by atomic mass is 10.2. The second-order valence-corrected chi connectivity index (χ2v) is 7.76. The van der Waals surface area contributed by atoms with Crippen molar-refractivity contribution in [1.82, 2.24) is 14.4 Å². The van der Waals surface area contributed by atoms with Gasteiger partial charge in [0.1, 0.15) is 5.75 Å². The third kappa shape index (κ3) is 4.76. The molecule has 1 aromatic heterocycles. The van der Waals surface area contributed by atoms with E-state index >= 15 is 0 Å². The van der Waals surface area contributed by atoms with Crippen molar-refractivity contribution >= 4 is 34.3 Å². The van der Waals surface area contributed by atoms with Gasteiger partial charge in [0.05, 0.1) is 0 Å². The molecule has 2 heterocycles. The highest BCUT2D eigenvalue weighted by atomic mass is 35.5. The highest BCUT2D eigenvalue weighted by Crippen LogP contribution is 2.17. The van der Waals surface area contributed by atoms with Gasteiger partial charge in [-0.3, -0.25) is 9.59 Å². The molecule has 7 heteroatoms. The normalized spacial score (nSPS) is 14.2. The van der Waals surface area contributed by atoms with Crippen molar-refractivity contribution < 1.29 is 14.3 Å². The van der Waals surface area contributed by atoms with Crippen LogP contribution in [0.15, 0.2) is 60.8 Å². The van der Waals surface area contributed by atoms with Crippen LogP contribution < -0.4 is 4.74 Å². The molecular formula is C23H24ClN3O3. The summed E-state index contributed by atoms with van der Waals surface area (Å²) in [5.41, 5.74) is 1.14. The molecule has 2 amide bonds. The third-order valence-corrected chi connectivity index (χ3v) is 5.66. The molecule has 6 nitrogen and oxygen atoms in total. The Bertz CT molecular complexity index is 1020. The fourth-order valence-electron chi connectivity index (χ4n) is 3.68. The number of piperazine rings is 1. The second-order valence-electron chi connectivity index (χ2n) is 7.32. The van der Waals surface area contributed by atoms with Crippen LogP contribution in [0.4, 0.5) is 0 Å². The third-order valence-electron chi connectivity index (χ3n) is 5.41. The van der Waals surface area contributed by atoms with Gasteiger partial charge in [-0.2, -0.15) is 0 Å². The summed E-state index contributed by atoms with van der Waals surface area (Å²) >= 11 is 5.85. The Balaban J connectivity index is 1.22. The number of para-hydroxylation sites is 1. The highest BCUT2D eigenvalue weighted by molar-refractivity contribution is 6.30. The van der Waals surface area contributed by atoms with Crippen LogP contribution in [0.1, 0.15) is 6.42 Å². The number of halogens is 1. The summed E-state index contributed by atoms with van der Waals surface area (Å²) in [6, 6.07) is 17.1. The standard InChI is InChI=1S/C23H24ClN3O3/c24-19-5-7-20(8-6-19)30-17-23(29)27-15-13-26(14-16-27)22(28)10-12-25-11-9-18-3-1-2-4-21(18)25/h1-9,11H,10,12-17H2. The molecule has 0 atom stereocenters. The van der Waals surface area contributed by atoms with Gasteiger partial charge in [-0.05, 0) is 41.8 Å². The Morgan fingerprint density at radius 3 is 2.27 bits per heavy atom. The maximum Gasteiger partial charge on any atom is 0.260 e. The lowest BCUT2D eigenvalue weighted by molar-refractivity contribution is -0.140. The minimum Gasteiger partial charge on any atom is -0.484 e. The predicted octanol–water partition coefficient (Wildman–Crippen LogP) is 3.43. The molecule has 0 bridgehead atoms. The Morgan fingerprint density at radius 1 is 0.867 bits per heavy atom. The van der Waals surface area contributed by atoms with Crippen molar-refractivity contribution in [2.75, 3.05) is 32.8 Å². The van der Waals surface area contributed by atoms with Gasteiger partial charge >= 0.3 is 0 Å². The number of hydrogen-bond donors (Lipinski definition) is 0. The average molecular weight is 426 g/mol. The van der Waals surface area contributed by atoms with Gasteiger partial charge in [-0.25, -0.2) is 0 Å². The number of rotatable bonds is 6. The first-order valence-electron chi connectivity index (χ1n) is 10.1. The summed E-state index contributed by atoms with van der Waals surface area (Å²) < 4.78 is 7.64. The monoisotopic (exact) mass is 425 g/mol. The molecule has 1 saturated heterocycles. The maximum atomic E-state index is 12.6. The molecule has 1 fully saturated rings. The minimum absolute atomic E-state index is 0.0176. The van der Waals surface area contributed by atoms with E-state index in [1.54, 1.807) is 29.2 Å². The van der Waals surface area contributed by atoms with Gasteiger partial charge in [-0.1, -0.05) is 29.8 Å². The Kier molecular flexibility index (Phi) is 6.23. The topological polar surface area (TPSA) is 54.8 Å². The summed E-state index contributed by atoms with van der Waals surface area (Å²) in [5, 5.41) is 1.80. The largest absolute Gasteiger partial charge is 0.484 e. The fraction of sp³-hybridized carbons (Fsp3) is 0.304. The van der Waals surface area contributed by atoms with Gasteiger partial charge in [-0.15, -0.1) is 0 Å². The molecule has 0 spiro atoms. The lowest BCUT2D eigenvalue weighted by Crippen LogP contribution is -2.51. The first-order chi connectivity index (χ1) is 14.6. The lowest BCUT2D eigenvalue weighted by Gasteiger charge is -2.34. The maximum absolute atomic E-state index is 12.6. The van der Waals surface area contributed by atoms with Gasteiger partial charge in [0.15, 0.2) is 6.61 Å². The van der Waals surface area contributed by atoms with Crippen LogP contribution in [0.3, 0.4) is 0 Å². The number of fused-ring (bicyclic) bond motifs is 1. The molecule has 0 radical (unpaired) electrons. The van der Waals surface area contributed by atoms with Gasteiger partial charge in [0.25, 0.3) is 5.91 Å². The van der Waals surface area contributed by atoms with E-state index in [4.69, 9.17) is 16.3 Å². The fourth-order valence-corrected chi connectivity index (χ4v) is 3.81. The van der Waals surface area contributed by atoms with E-state index in [9.17, 15) is 9.59 Å². The number of nitrogens with zero attached hydrogens (tertiary/aromatic N) is 3. The van der Waals surface area contributed by atoms with Crippen molar-refractivity contribution in [3.05, 3.63) is 65.8 Å². The quantitative estimate of drug-likeness (QED) is 0.608. The molecular weight excluding hydrogens is 402 g/mol. The Labute approximate surface area is 180 Å². The molecule has 1 aliphatic heterocycles. The van der Waals surface area contributed by atoms with Gasteiger partial charge < -0.3 is 19.1 Å². The molecule has 0 aliphatic carbocycles. The van der Waals surface area contributed by atoms with E-state index in [1.807, 2.05) is 23.2 Å². The molecule has 30 heavy (non-hydrogen) atoms. The minimum atomic E-state index is -0.0733. The highest BCUT2D eigenvalue weighted by Gasteiger charge is 2.24. The van der Waals surface area contributed by atoms with Crippen molar-refractivity contribution in [2.45, 2.75) is 13.0 Å². The van der Waals surface area contributed by atoms with E-state index in [1.165, 1.54) is 5.39 Å². The number of ether oxygens (including phenoxy) is 1. The summed E-state index contributed by atoms with van der Waals surface area (Å²) in [4.78, 5) is 28.6. The van der Waals surface area contributed by atoms with Crippen molar-refractivity contribution in [3.63, 3.8) is 0 Å². The number of aromatic nitrogens is 1. The molecule has 1 aliphatic rings. The van der Waals surface area contributed by atoms with Gasteiger partial charge in [0, 0.05) is 55.9 Å². The Morgan fingerprint density at radius 2 is 1.53 bits per heavy atom. The molecule has 4 rings (SSSR count). The summed E-state index contributed by atoms with van der Waals surface area (Å²) in [7, 11) is 0. The second kappa shape index (κ2) is 9.22. The van der Waals surface area contributed by atoms with E-state index in [0.717, 1.165) is 5.52 Å². The average Bonchev–Trinajstić information content (AvgIpc) is 3.20. The van der Waals surface area contributed by atoms with E-state index in [-0.39, 0.29) is 18.4 Å². The molecule has 0 saturated carbocycles. The van der Waals surface area contributed by atoms with Crippen molar-refractivity contribution in [3.8, 4) is 5.75 Å². The summed E-state index contributed by atoms with van der Waals surface area (Å²) in [6.45, 7) is 2.80. The smallest absolute Gasteiger partial charge is 0.260 e. The molecule has 3 aromatic rings. The molecule has 0 N–H and O–H groups in total. The van der Waals surface area contributed by atoms with Crippen LogP contribution in [0.25, 0.3) is 10.9 Å². The molecule has 2 aromatic carbocycles. The number of hydrogen-bond acceptors (Lipinski definition) is 3. The van der Waals surface area contributed by atoms with Crippen LogP contribution in [-0.2, 0) is 16.1 Å². The zero-order valence-electron chi connectivity index (χ0n) is 16.7. The summed E-state index contributed by atoms with van der Waals surface area (Å²) in [6.07, 6.45) is 2.47. The first kappa shape index (κ1) is 20.3. The number of benzene rings is 2. The van der Waals surface area contributed by atoms with Crippen molar-refractivity contribution in [1.29, 1.82) is 0 Å². The molecule has 156 valence electrons. The zero-order valence-corrected chi connectivity index (χ0v) is 17.4. The first-order valence-corrected chi connectivity index (χ1v) is 10.5. The number of carbonyl (C=O) groups is 2. The van der Waals surface area contributed by atoms with E-state index in [2.05, 4.69) is 22.8 Å². The predicted molar refractivity (Wildman–Crippen MR) is 117 cm³/mol. The van der Waals surface area contributed by atoms with Gasteiger partial charge in [0.2, 0.25) is 5.91 Å². The van der Waals surface area contributed by atoms with Crippen LogP contribution in [-0.4, -0.2) is 59.0 Å². The number of amides is 2. The molecule has 0 unspecified atom stereocenters. The number of carbonyl (C=O) groups excluding carboxylic acids is 2.